The van der Waals surface area contributed by atoms with Crippen molar-refractivity contribution < 1.29 is 26.6 Å². The van der Waals surface area contributed by atoms with E-state index in [1.165, 1.54) is 0 Å². The first-order valence-corrected chi connectivity index (χ1v) is 3.32. The molecule has 0 rings (SSSR count). The third kappa shape index (κ3) is 14.2. The van der Waals surface area contributed by atoms with E-state index in [1.54, 1.807) is 7.05 Å². The van der Waals surface area contributed by atoms with Crippen molar-refractivity contribution in [2.75, 3.05) is 7.05 Å². The van der Waals surface area contributed by atoms with Crippen LogP contribution in [0.15, 0.2) is 0 Å². The molecule has 0 unspecified atom stereocenters. The van der Waals surface area contributed by atoms with E-state index in [0.717, 1.165) is 4.90 Å². The average molecular weight is 234 g/mol. The third-order valence-corrected chi connectivity index (χ3v) is 0.705. The van der Waals surface area contributed by atoms with Crippen LogP contribution in [-0.2, 0) is 21.8 Å². The molecule has 0 heterocycles. The summed E-state index contributed by atoms with van der Waals surface area (Å²) < 4.78 is 4.92. The molecule has 0 aliphatic rings. The van der Waals surface area contributed by atoms with Gasteiger partial charge in [0.05, 0.1) is 0 Å². The van der Waals surface area contributed by atoms with E-state index in [4.69, 9.17) is 16.6 Å². The molecule has 13 heavy (non-hydrogen) atoms. The van der Waals surface area contributed by atoms with Crippen molar-refractivity contribution in [1.29, 1.82) is 5.26 Å². The molecule has 0 saturated heterocycles. The molecule has 0 aromatic carbocycles. The summed E-state index contributed by atoms with van der Waals surface area (Å²) in [4.78, 5) is 12.0. The fourth-order valence-corrected chi connectivity index (χ4v) is 0.340. The van der Waals surface area contributed by atoms with Gasteiger partial charge in [-0.25, -0.2) is 11.8 Å². The molecule has 4 nitrogen and oxygen atoms in total. The smallest absolute Gasteiger partial charge is 0.512 e. The van der Waals surface area contributed by atoms with E-state index >= 15 is 0 Å². The molecule has 1 amide bonds. The van der Waals surface area contributed by atoms with Crippen molar-refractivity contribution >= 4 is 6.09 Å². The quantitative estimate of drug-likeness (QED) is 0.473. The minimum absolute atomic E-state index is 0. The Bertz CT molecular complexity index is 161. The summed E-state index contributed by atoms with van der Waals surface area (Å²) in [6.07, 6.45) is -0.410. The maximum atomic E-state index is 10.8. The van der Waals surface area contributed by atoms with E-state index in [-0.39, 0.29) is 17.1 Å². The Morgan fingerprint density at radius 3 is 1.85 bits per heavy atom. The van der Waals surface area contributed by atoms with Crippen molar-refractivity contribution in [3.63, 3.8) is 0 Å². The van der Waals surface area contributed by atoms with Crippen molar-refractivity contribution in [2.24, 2.45) is 0 Å². The Morgan fingerprint density at radius 1 is 1.46 bits per heavy atom. The van der Waals surface area contributed by atoms with Crippen LogP contribution in [-0.4, -0.2) is 23.6 Å². The monoisotopic (exact) mass is 233 g/mol. The van der Waals surface area contributed by atoms with Gasteiger partial charge in [-0.15, -0.1) is 0 Å². The molecular formula is C8H14CuN2O2. The summed E-state index contributed by atoms with van der Waals surface area (Å²) in [5.41, 5.74) is -0.428. The van der Waals surface area contributed by atoms with Gasteiger partial charge >= 0.3 is 23.2 Å². The van der Waals surface area contributed by atoms with Gasteiger partial charge in [-0.2, -0.15) is 0 Å². The van der Waals surface area contributed by atoms with E-state index in [2.05, 4.69) is 7.05 Å². The molecular weight excluding hydrogens is 220 g/mol. The topological polar surface area (TPSA) is 53.3 Å². The van der Waals surface area contributed by atoms with E-state index in [0.29, 0.717) is 0 Å². The van der Waals surface area contributed by atoms with Crippen LogP contribution in [0.2, 0.25) is 0 Å². The largest absolute Gasteiger partial charge is 2.00 e. The molecule has 5 heteroatoms. The van der Waals surface area contributed by atoms with Crippen LogP contribution in [0.25, 0.3) is 0 Å². The molecule has 0 saturated carbocycles. The molecule has 1 radical (unpaired) electrons. The van der Waals surface area contributed by atoms with Crippen LogP contribution in [0.1, 0.15) is 20.8 Å². The Hall–Kier alpha value is -0.721. The zero-order valence-corrected chi connectivity index (χ0v) is 9.16. The summed E-state index contributed by atoms with van der Waals surface area (Å²) in [7, 11) is 4.93. The standard InChI is InChI=1S/C7H14NO2.CN.Cu/c1-7(2,3)10-6(9)8(4)5;1-2;/h4H2,1-3,5H3;;/q2*-1;+2. The van der Waals surface area contributed by atoms with Crippen molar-refractivity contribution in [3.8, 4) is 0 Å². The second kappa shape index (κ2) is 7.90. The molecule has 0 spiro atoms. The second-order valence-corrected chi connectivity index (χ2v) is 3.18. The first-order chi connectivity index (χ1) is 5.33. The molecule has 0 bridgehead atoms. The first kappa shape index (κ1) is 18.1. The maximum absolute atomic E-state index is 10.8. The van der Waals surface area contributed by atoms with E-state index < -0.39 is 11.7 Å². The van der Waals surface area contributed by atoms with Crippen LogP contribution in [0.4, 0.5) is 4.79 Å². The molecule has 0 aromatic heterocycles. The fourth-order valence-electron chi connectivity index (χ4n) is 0.340. The Kier molecular flexibility index (Phi) is 11.0. The van der Waals surface area contributed by atoms with Gasteiger partial charge < -0.3 is 21.5 Å². The number of ether oxygens (including phenoxy) is 1. The molecule has 0 aliphatic heterocycles. The minimum atomic E-state index is -0.428. The summed E-state index contributed by atoms with van der Waals surface area (Å²) in [5, 5.41) is 6.25. The van der Waals surface area contributed by atoms with E-state index in [9.17, 15) is 4.79 Å². The van der Waals surface area contributed by atoms with Crippen LogP contribution in [0, 0.1) is 18.9 Å². The molecule has 0 aromatic rings. The van der Waals surface area contributed by atoms with Crippen molar-refractivity contribution in [3.05, 3.63) is 13.6 Å². The number of rotatable bonds is 0. The number of nitrogens with zero attached hydrogens (tertiary/aromatic N) is 2. The summed E-state index contributed by atoms with van der Waals surface area (Å²) in [6, 6.07) is 0. The number of carbonyl (C=O) groups excluding carboxylic acids is 1. The number of hydrogen-bond acceptors (Lipinski definition) is 3. The van der Waals surface area contributed by atoms with Gasteiger partial charge in [0.1, 0.15) is 5.60 Å². The van der Waals surface area contributed by atoms with Gasteiger partial charge in [-0.1, -0.05) is 0 Å². The van der Waals surface area contributed by atoms with Gasteiger partial charge in [-0.3, -0.25) is 0 Å². The van der Waals surface area contributed by atoms with Crippen LogP contribution >= 0.6 is 0 Å². The minimum Gasteiger partial charge on any atom is -0.512 e. The molecule has 0 fully saturated rings. The molecule has 0 aliphatic carbocycles. The van der Waals surface area contributed by atoms with Gasteiger partial charge in [0.25, 0.3) is 0 Å². The van der Waals surface area contributed by atoms with Gasteiger partial charge in [0.15, 0.2) is 0 Å². The average Bonchev–Trinajstić information content (AvgIpc) is 1.88. The maximum Gasteiger partial charge on any atom is 2.00 e. The zero-order chi connectivity index (χ0) is 10.4. The first-order valence-electron chi connectivity index (χ1n) is 3.32. The Labute approximate surface area is 90.3 Å². The normalized spacial score (nSPS) is 8.54. The predicted molar refractivity (Wildman–Crippen MR) is 44.3 cm³/mol. The van der Waals surface area contributed by atoms with Crippen molar-refractivity contribution in [2.45, 2.75) is 26.4 Å². The van der Waals surface area contributed by atoms with Gasteiger partial charge in [0, 0.05) is 0 Å². The SMILES string of the molecule is [C-]#N.[CH2-]N(C)C(=O)OC(C)(C)C.[Cu+2]. The molecule has 0 atom stereocenters. The van der Waals surface area contributed by atoms with E-state index in [1.807, 2.05) is 20.8 Å². The molecule has 79 valence electrons. The molecule has 0 N–H and O–H groups in total. The number of carbonyl (C=O) groups is 1. The van der Waals surface area contributed by atoms with Crippen LogP contribution in [0.3, 0.4) is 0 Å². The number of amides is 1. The summed E-state index contributed by atoms with van der Waals surface area (Å²) >= 11 is 0. The summed E-state index contributed by atoms with van der Waals surface area (Å²) in [5.74, 6) is 0. The second-order valence-electron chi connectivity index (χ2n) is 3.18. The van der Waals surface area contributed by atoms with Crippen molar-refractivity contribution in [1.82, 2.24) is 4.90 Å². The van der Waals surface area contributed by atoms with Gasteiger partial charge in [0.2, 0.25) is 0 Å². The van der Waals surface area contributed by atoms with Gasteiger partial charge in [-0.05, 0) is 27.8 Å². The fraction of sp³-hybridized carbons (Fsp3) is 0.625. The predicted octanol–water partition coefficient (Wildman–Crippen LogP) is 1.74. The zero-order valence-electron chi connectivity index (χ0n) is 8.22. The summed E-state index contributed by atoms with van der Waals surface area (Å²) in [6.45, 7) is 10.2. The van der Waals surface area contributed by atoms with Crippen LogP contribution in [0.5, 0.6) is 0 Å². The Balaban J connectivity index is -0.000000309. The number of hydrogen-bond donors (Lipinski definition) is 0. The Morgan fingerprint density at radius 2 is 1.77 bits per heavy atom. The third-order valence-electron chi connectivity index (χ3n) is 0.705. The van der Waals surface area contributed by atoms with Crippen LogP contribution < -0.4 is 0 Å².